The fourth-order valence-corrected chi connectivity index (χ4v) is 5.03. The van der Waals surface area contributed by atoms with Crippen molar-refractivity contribution in [2.75, 3.05) is 25.2 Å². The van der Waals surface area contributed by atoms with Gasteiger partial charge in [0.15, 0.2) is 11.5 Å². The molecular formula is C19H29NO2S. The maximum Gasteiger partial charge on any atom is 0.165 e. The molecule has 2 N–H and O–H groups in total. The Morgan fingerprint density at radius 3 is 2.70 bits per heavy atom. The standard InChI is InChI=1S/C19H29NO2S/c1-21-17-9-5-8-16(19(14-20)10-3-2-4-11-19)18(17)22-15-7-6-12-23-13-15/h5,8-9,15H,2-4,6-7,10-14,20H2,1H3. The number of ether oxygens (including phenoxy) is 2. The van der Waals surface area contributed by atoms with Gasteiger partial charge in [-0.2, -0.15) is 11.8 Å². The summed E-state index contributed by atoms with van der Waals surface area (Å²) >= 11 is 1.99. The van der Waals surface area contributed by atoms with Gasteiger partial charge in [0.25, 0.3) is 0 Å². The van der Waals surface area contributed by atoms with Crippen molar-refractivity contribution in [1.82, 2.24) is 0 Å². The molecule has 1 aromatic carbocycles. The van der Waals surface area contributed by atoms with Gasteiger partial charge >= 0.3 is 0 Å². The third kappa shape index (κ3) is 3.63. The Bertz CT molecular complexity index is 508. The van der Waals surface area contributed by atoms with Gasteiger partial charge in [0.1, 0.15) is 6.10 Å². The van der Waals surface area contributed by atoms with E-state index in [1.54, 1.807) is 7.11 Å². The average molecular weight is 336 g/mol. The van der Waals surface area contributed by atoms with Crippen molar-refractivity contribution in [2.45, 2.75) is 56.5 Å². The second kappa shape index (κ2) is 7.80. The van der Waals surface area contributed by atoms with Gasteiger partial charge in [-0.25, -0.2) is 0 Å². The highest BCUT2D eigenvalue weighted by Crippen LogP contribution is 2.46. The minimum atomic E-state index is 0.0595. The zero-order valence-electron chi connectivity index (χ0n) is 14.2. The van der Waals surface area contributed by atoms with Crippen LogP contribution in [0.4, 0.5) is 0 Å². The molecule has 3 rings (SSSR count). The number of nitrogens with two attached hydrogens (primary N) is 1. The predicted octanol–water partition coefficient (Wildman–Crippen LogP) is 4.13. The Morgan fingerprint density at radius 1 is 1.22 bits per heavy atom. The lowest BCUT2D eigenvalue weighted by Crippen LogP contribution is -2.38. The highest BCUT2D eigenvalue weighted by Gasteiger charge is 2.36. The Hall–Kier alpha value is -0.870. The van der Waals surface area contributed by atoms with Gasteiger partial charge in [0.05, 0.1) is 7.11 Å². The average Bonchev–Trinajstić information content (AvgIpc) is 2.63. The molecule has 1 aliphatic heterocycles. The molecule has 1 aliphatic carbocycles. The van der Waals surface area contributed by atoms with Crippen molar-refractivity contribution in [3.8, 4) is 11.5 Å². The van der Waals surface area contributed by atoms with Crippen molar-refractivity contribution < 1.29 is 9.47 Å². The van der Waals surface area contributed by atoms with E-state index in [2.05, 4.69) is 12.1 Å². The van der Waals surface area contributed by atoms with Gasteiger partial charge in [-0.15, -0.1) is 0 Å². The van der Waals surface area contributed by atoms with Gasteiger partial charge < -0.3 is 15.2 Å². The number of methoxy groups -OCH3 is 1. The van der Waals surface area contributed by atoms with Crippen LogP contribution in [-0.2, 0) is 5.41 Å². The lowest BCUT2D eigenvalue weighted by Gasteiger charge is -2.38. The molecule has 1 heterocycles. The molecule has 23 heavy (non-hydrogen) atoms. The fourth-order valence-electron chi connectivity index (χ4n) is 4.00. The monoisotopic (exact) mass is 335 g/mol. The Kier molecular flexibility index (Phi) is 5.76. The van der Waals surface area contributed by atoms with Crippen LogP contribution in [0.25, 0.3) is 0 Å². The van der Waals surface area contributed by atoms with Crippen LogP contribution in [0, 0.1) is 0 Å². The van der Waals surface area contributed by atoms with E-state index in [9.17, 15) is 0 Å². The van der Waals surface area contributed by atoms with Crippen LogP contribution in [-0.4, -0.2) is 31.3 Å². The normalized spacial score (nSPS) is 24.2. The molecule has 0 bridgehead atoms. The molecule has 2 fully saturated rings. The molecule has 0 amide bonds. The first-order valence-corrected chi connectivity index (χ1v) is 10.1. The molecule has 0 spiro atoms. The molecule has 1 unspecified atom stereocenters. The smallest absolute Gasteiger partial charge is 0.165 e. The number of para-hydroxylation sites is 1. The summed E-state index contributed by atoms with van der Waals surface area (Å²) in [6, 6.07) is 6.32. The maximum atomic E-state index is 6.49. The summed E-state index contributed by atoms with van der Waals surface area (Å²) in [6.45, 7) is 0.690. The lowest BCUT2D eigenvalue weighted by atomic mass is 9.69. The van der Waals surface area contributed by atoms with Crippen LogP contribution in [0.1, 0.15) is 50.5 Å². The molecule has 1 atom stereocenters. The van der Waals surface area contributed by atoms with Crippen molar-refractivity contribution in [3.05, 3.63) is 23.8 Å². The minimum Gasteiger partial charge on any atom is -0.493 e. The van der Waals surface area contributed by atoms with E-state index in [4.69, 9.17) is 15.2 Å². The molecule has 3 nitrogen and oxygen atoms in total. The van der Waals surface area contributed by atoms with E-state index in [0.717, 1.165) is 36.5 Å². The maximum absolute atomic E-state index is 6.49. The number of rotatable bonds is 5. The van der Waals surface area contributed by atoms with E-state index in [1.807, 2.05) is 17.8 Å². The molecule has 1 aromatic rings. The topological polar surface area (TPSA) is 44.5 Å². The van der Waals surface area contributed by atoms with Crippen LogP contribution in [0.5, 0.6) is 11.5 Å². The SMILES string of the molecule is COc1cccc(C2(CN)CCCCC2)c1OC1CCCSC1. The van der Waals surface area contributed by atoms with E-state index < -0.39 is 0 Å². The van der Waals surface area contributed by atoms with E-state index in [-0.39, 0.29) is 5.41 Å². The van der Waals surface area contributed by atoms with Crippen LogP contribution in [0.2, 0.25) is 0 Å². The molecule has 2 aliphatic rings. The molecular weight excluding hydrogens is 306 g/mol. The second-order valence-corrected chi connectivity index (χ2v) is 7.99. The van der Waals surface area contributed by atoms with Gasteiger partial charge in [-0.05, 0) is 37.5 Å². The second-order valence-electron chi connectivity index (χ2n) is 6.84. The Balaban J connectivity index is 1.94. The molecule has 128 valence electrons. The van der Waals surface area contributed by atoms with Crippen molar-refractivity contribution in [2.24, 2.45) is 5.73 Å². The van der Waals surface area contributed by atoms with Gasteiger partial charge in [0, 0.05) is 23.3 Å². The largest absolute Gasteiger partial charge is 0.493 e. The minimum absolute atomic E-state index is 0.0595. The number of hydrogen-bond donors (Lipinski definition) is 1. The van der Waals surface area contributed by atoms with Gasteiger partial charge in [-0.3, -0.25) is 0 Å². The van der Waals surface area contributed by atoms with E-state index >= 15 is 0 Å². The molecule has 4 heteroatoms. The highest BCUT2D eigenvalue weighted by molar-refractivity contribution is 7.99. The summed E-state index contributed by atoms with van der Waals surface area (Å²) in [7, 11) is 1.73. The number of thioether (sulfide) groups is 1. The number of hydrogen-bond acceptors (Lipinski definition) is 4. The molecule has 1 saturated heterocycles. The first-order chi connectivity index (χ1) is 11.3. The van der Waals surface area contributed by atoms with Crippen LogP contribution in [0.3, 0.4) is 0 Å². The van der Waals surface area contributed by atoms with Crippen molar-refractivity contribution >= 4 is 11.8 Å². The summed E-state index contributed by atoms with van der Waals surface area (Å²) in [5.41, 5.74) is 7.60. The summed E-state index contributed by atoms with van der Waals surface area (Å²) in [4.78, 5) is 0. The summed E-state index contributed by atoms with van der Waals surface area (Å²) in [6.07, 6.45) is 8.82. The Morgan fingerprint density at radius 2 is 2.04 bits per heavy atom. The third-order valence-corrected chi connectivity index (χ3v) is 6.56. The Labute approximate surface area is 144 Å². The van der Waals surface area contributed by atoms with Crippen LogP contribution < -0.4 is 15.2 Å². The van der Waals surface area contributed by atoms with Crippen molar-refractivity contribution in [1.29, 1.82) is 0 Å². The summed E-state index contributed by atoms with van der Waals surface area (Å²) < 4.78 is 12.1. The highest BCUT2D eigenvalue weighted by atomic mass is 32.2. The molecule has 0 aromatic heterocycles. The first-order valence-electron chi connectivity index (χ1n) is 8.91. The van der Waals surface area contributed by atoms with E-state index in [1.165, 1.54) is 37.0 Å². The zero-order chi connectivity index (χ0) is 16.1. The van der Waals surface area contributed by atoms with Crippen LogP contribution >= 0.6 is 11.8 Å². The van der Waals surface area contributed by atoms with Gasteiger partial charge in [-0.1, -0.05) is 31.4 Å². The molecule has 0 radical (unpaired) electrons. The first kappa shape index (κ1) is 17.0. The summed E-state index contributed by atoms with van der Waals surface area (Å²) in [5.74, 6) is 4.14. The van der Waals surface area contributed by atoms with Crippen LogP contribution in [0.15, 0.2) is 18.2 Å². The quantitative estimate of drug-likeness (QED) is 0.879. The lowest BCUT2D eigenvalue weighted by molar-refractivity contribution is 0.191. The molecule has 1 saturated carbocycles. The fraction of sp³-hybridized carbons (Fsp3) is 0.684. The number of benzene rings is 1. The van der Waals surface area contributed by atoms with Gasteiger partial charge in [0.2, 0.25) is 0 Å². The van der Waals surface area contributed by atoms with E-state index in [0.29, 0.717) is 12.6 Å². The zero-order valence-corrected chi connectivity index (χ0v) is 15.0. The third-order valence-electron chi connectivity index (χ3n) is 5.37. The van der Waals surface area contributed by atoms with Crippen molar-refractivity contribution in [3.63, 3.8) is 0 Å². The summed E-state index contributed by atoms with van der Waals surface area (Å²) in [5, 5.41) is 0. The predicted molar refractivity (Wildman–Crippen MR) is 97.8 cm³/mol.